The van der Waals surface area contributed by atoms with Crippen LogP contribution in [-0.2, 0) is 9.47 Å². The maximum Gasteiger partial charge on any atom is 0.163 e. The maximum atomic E-state index is 5.68. The second-order valence-corrected chi connectivity index (χ2v) is 4.41. The molecule has 0 aromatic heterocycles. The first-order valence-corrected chi connectivity index (χ1v) is 5.68. The van der Waals surface area contributed by atoms with E-state index < -0.39 is 5.79 Å². The molecule has 0 spiro atoms. The van der Waals surface area contributed by atoms with Crippen molar-refractivity contribution in [1.29, 1.82) is 0 Å². The zero-order chi connectivity index (χ0) is 12.3. The van der Waals surface area contributed by atoms with E-state index in [2.05, 4.69) is 0 Å². The van der Waals surface area contributed by atoms with Gasteiger partial charge in [-0.1, -0.05) is 12.1 Å². The van der Waals surface area contributed by atoms with Gasteiger partial charge in [0.05, 0.1) is 13.7 Å². The van der Waals surface area contributed by atoms with E-state index in [1.165, 1.54) is 0 Å². The molecule has 1 aliphatic heterocycles. The van der Waals surface area contributed by atoms with Crippen molar-refractivity contribution in [3.8, 4) is 11.5 Å². The quantitative estimate of drug-likeness (QED) is 0.806. The molecule has 0 unspecified atom stereocenters. The van der Waals surface area contributed by atoms with Crippen molar-refractivity contribution in [3.05, 3.63) is 24.3 Å². The molecule has 1 fully saturated rings. The second kappa shape index (κ2) is 4.94. The van der Waals surface area contributed by atoms with E-state index in [9.17, 15) is 0 Å². The highest BCUT2D eigenvalue weighted by molar-refractivity contribution is 5.39. The summed E-state index contributed by atoms with van der Waals surface area (Å²) in [5.41, 5.74) is 0. The van der Waals surface area contributed by atoms with Crippen LogP contribution in [-0.4, -0.2) is 32.2 Å². The summed E-state index contributed by atoms with van der Waals surface area (Å²) in [5.74, 6) is 0.948. The fraction of sp³-hybridized carbons (Fsp3) is 0.538. The van der Waals surface area contributed by atoms with Crippen LogP contribution in [0.3, 0.4) is 0 Å². The van der Waals surface area contributed by atoms with Gasteiger partial charge in [-0.2, -0.15) is 0 Å². The van der Waals surface area contributed by atoms with Gasteiger partial charge in [-0.3, -0.25) is 0 Å². The molecular formula is C13H18O4. The van der Waals surface area contributed by atoms with Crippen LogP contribution < -0.4 is 9.47 Å². The number of hydrogen-bond acceptors (Lipinski definition) is 4. The summed E-state index contributed by atoms with van der Waals surface area (Å²) in [6.45, 7) is 4.82. The Labute approximate surface area is 101 Å². The molecule has 94 valence electrons. The molecule has 1 aromatic carbocycles. The van der Waals surface area contributed by atoms with Crippen molar-refractivity contribution in [3.63, 3.8) is 0 Å². The average Bonchev–Trinajstić information content (AvgIpc) is 2.67. The fourth-order valence-corrected chi connectivity index (χ4v) is 1.77. The Bertz CT molecular complexity index is 375. The number of benzene rings is 1. The summed E-state index contributed by atoms with van der Waals surface area (Å²) in [6, 6.07) is 7.56. The van der Waals surface area contributed by atoms with E-state index in [0.717, 1.165) is 11.5 Å². The lowest BCUT2D eigenvalue weighted by Gasteiger charge is -2.17. The number of hydrogen-bond donors (Lipinski definition) is 0. The van der Waals surface area contributed by atoms with Crippen molar-refractivity contribution >= 4 is 0 Å². The molecule has 1 saturated heterocycles. The molecule has 0 aliphatic carbocycles. The van der Waals surface area contributed by atoms with Crippen LogP contribution in [0.4, 0.5) is 0 Å². The minimum Gasteiger partial charge on any atom is -0.493 e. The van der Waals surface area contributed by atoms with Gasteiger partial charge in [-0.05, 0) is 26.0 Å². The van der Waals surface area contributed by atoms with Gasteiger partial charge < -0.3 is 18.9 Å². The SMILES string of the molecule is COc1ccccc1OC[C@H]1COC(C)(C)O1. The first-order chi connectivity index (χ1) is 8.11. The third kappa shape index (κ3) is 3.11. The lowest BCUT2D eigenvalue weighted by atomic mass is 10.3. The number of para-hydroxylation sites is 2. The van der Waals surface area contributed by atoms with Crippen LogP contribution in [0.1, 0.15) is 13.8 Å². The Morgan fingerprint density at radius 3 is 2.59 bits per heavy atom. The molecular weight excluding hydrogens is 220 g/mol. The zero-order valence-electron chi connectivity index (χ0n) is 10.4. The highest BCUT2D eigenvalue weighted by atomic mass is 16.7. The summed E-state index contributed by atoms with van der Waals surface area (Å²) in [6.07, 6.45) is -0.0325. The second-order valence-electron chi connectivity index (χ2n) is 4.41. The third-order valence-corrected chi connectivity index (χ3v) is 2.56. The van der Waals surface area contributed by atoms with Crippen LogP contribution in [0.25, 0.3) is 0 Å². The smallest absolute Gasteiger partial charge is 0.163 e. The van der Waals surface area contributed by atoms with Crippen LogP contribution in [0, 0.1) is 0 Å². The first-order valence-electron chi connectivity index (χ1n) is 5.68. The van der Waals surface area contributed by atoms with E-state index in [4.69, 9.17) is 18.9 Å². The zero-order valence-corrected chi connectivity index (χ0v) is 10.4. The van der Waals surface area contributed by atoms with Crippen molar-refractivity contribution in [2.45, 2.75) is 25.7 Å². The van der Waals surface area contributed by atoms with E-state index in [0.29, 0.717) is 13.2 Å². The molecule has 17 heavy (non-hydrogen) atoms. The highest BCUT2D eigenvalue weighted by Crippen LogP contribution is 2.27. The standard InChI is InChI=1S/C13H18O4/c1-13(2)16-9-10(17-13)8-15-12-7-5-4-6-11(12)14-3/h4-7,10H,8-9H2,1-3H3/t10-/m0/s1. The Hall–Kier alpha value is -1.26. The third-order valence-electron chi connectivity index (χ3n) is 2.56. The van der Waals surface area contributed by atoms with Gasteiger partial charge in [0, 0.05) is 0 Å². The summed E-state index contributed by atoms with van der Waals surface area (Å²) in [4.78, 5) is 0. The monoisotopic (exact) mass is 238 g/mol. The van der Waals surface area contributed by atoms with Crippen molar-refractivity contribution in [2.24, 2.45) is 0 Å². The normalized spacial score (nSPS) is 22.4. The van der Waals surface area contributed by atoms with Crippen LogP contribution in [0.15, 0.2) is 24.3 Å². The maximum absolute atomic E-state index is 5.68. The van der Waals surface area contributed by atoms with Crippen molar-refractivity contribution in [2.75, 3.05) is 20.3 Å². The van der Waals surface area contributed by atoms with Crippen LogP contribution >= 0.6 is 0 Å². The summed E-state index contributed by atoms with van der Waals surface area (Å²) in [7, 11) is 1.63. The van der Waals surface area contributed by atoms with E-state index in [1.54, 1.807) is 7.11 Å². The van der Waals surface area contributed by atoms with Crippen LogP contribution in [0.5, 0.6) is 11.5 Å². The molecule has 0 radical (unpaired) electrons. The molecule has 4 heteroatoms. The molecule has 1 heterocycles. The van der Waals surface area contributed by atoms with Crippen molar-refractivity contribution in [1.82, 2.24) is 0 Å². The Morgan fingerprint density at radius 2 is 2.00 bits per heavy atom. The van der Waals surface area contributed by atoms with E-state index >= 15 is 0 Å². The van der Waals surface area contributed by atoms with Crippen molar-refractivity contribution < 1.29 is 18.9 Å². The first kappa shape index (κ1) is 12.2. The molecule has 0 amide bonds. The molecule has 1 aromatic rings. The van der Waals surface area contributed by atoms with Gasteiger partial charge in [0.25, 0.3) is 0 Å². The van der Waals surface area contributed by atoms with Crippen LogP contribution in [0.2, 0.25) is 0 Å². The highest BCUT2D eigenvalue weighted by Gasteiger charge is 2.33. The molecule has 1 atom stereocenters. The molecule has 4 nitrogen and oxygen atoms in total. The summed E-state index contributed by atoms with van der Waals surface area (Å²) in [5, 5.41) is 0. The van der Waals surface area contributed by atoms with E-state index in [-0.39, 0.29) is 6.10 Å². The van der Waals surface area contributed by atoms with Gasteiger partial charge in [0.15, 0.2) is 17.3 Å². The molecule has 2 rings (SSSR count). The molecule has 0 N–H and O–H groups in total. The number of methoxy groups -OCH3 is 1. The average molecular weight is 238 g/mol. The Morgan fingerprint density at radius 1 is 1.29 bits per heavy atom. The molecule has 0 saturated carbocycles. The minimum atomic E-state index is -0.505. The Balaban J connectivity index is 1.90. The topological polar surface area (TPSA) is 36.9 Å². The van der Waals surface area contributed by atoms with Gasteiger partial charge in [-0.25, -0.2) is 0 Å². The van der Waals surface area contributed by atoms with Gasteiger partial charge in [-0.15, -0.1) is 0 Å². The summed E-state index contributed by atoms with van der Waals surface area (Å²) >= 11 is 0. The van der Waals surface area contributed by atoms with E-state index in [1.807, 2.05) is 38.1 Å². The Kier molecular flexibility index (Phi) is 3.54. The van der Waals surface area contributed by atoms with Gasteiger partial charge in [0.1, 0.15) is 12.7 Å². The van der Waals surface area contributed by atoms with Gasteiger partial charge >= 0.3 is 0 Å². The lowest BCUT2D eigenvalue weighted by molar-refractivity contribution is -0.141. The largest absolute Gasteiger partial charge is 0.493 e. The lowest BCUT2D eigenvalue weighted by Crippen LogP contribution is -2.25. The number of rotatable bonds is 4. The summed E-state index contributed by atoms with van der Waals surface area (Å²) < 4.78 is 22.0. The molecule has 0 bridgehead atoms. The van der Waals surface area contributed by atoms with Gasteiger partial charge in [0.2, 0.25) is 0 Å². The predicted molar refractivity (Wildman–Crippen MR) is 63.4 cm³/mol. The minimum absolute atomic E-state index is 0.0325. The predicted octanol–water partition coefficient (Wildman–Crippen LogP) is 2.23. The fourth-order valence-electron chi connectivity index (χ4n) is 1.77. The molecule has 1 aliphatic rings. The number of ether oxygens (including phenoxy) is 4.